The Balaban J connectivity index is 1.33. The second kappa shape index (κ2) is 7.84. The molecule has 0 radical (unpaired) electrons. The zero-order valence-electron chi connectivity index (χ0n) is 14.7. The topological polar surface area (TPSA) is 49.3 Å². The lowest BCUT2D eigenvalue weighted by Gasteiger charge is -2.36. The van der Waals surface area contributed by atoms with E-state index in [0.29, 0.717) is 19.5 Å². The third kappa shape index (κ3) is 4.14. The number of carbonyl (C=O) groups is 1. The van der Waals surface area contributed by atoms with Crippen molar-refractivity contribution >= 4 is 22.9 Å². The Bertz CT molecular complexity index is 905. The molecule has 0 N–H and O–H groups in total. The number of hydrogen-bond acceptors (Lipinski definition) is 5. The first-order chi connectivity index (χ1) is 13.2. The van der Waals surface area contributed by atoms with Crippen LogP contribution in [0.5, 0.6) is 0 Å². The van der Waals surface area contributed by atoms with Gasteiger partial charge in [0.2, 0.25) is 5.91 Å². The van der Waals surface area contributed by atoms with Gasteiger partial charge in [0.25, 0.3) is 0 Å². The molecule has 3 heterocycles. The molecule has 7 heteroatoms. The molecule has 1 aliphatic rings. The van der Waals surface area contributed by atoms with Crippen LogP contribution < -0.4 is 4.90 Å². The van der Waals surface area contributed by atoms with E-state index in [9.17, 15) is 9.18 Å². The molecule has 0 aliphatic carbocycles. The number of pyridine rings is 1. The van der Waals surface area contributed by atoms with Gasteiger partial charge in [0.1, 0.15) is 10.8 Å². The Labute approximate surface area is 161 Å². The van der Waals surface area contributed by atoms with Gasteiger partial charge in [-0.25, -0.2) is 9.37 Å². The van der Waals surface area contributed by atoms with E-state index in [1.54, 1.807) is 18.3 Å². The molecule has 0 saturated carbocycles. The fraction of sp³-hybridized carbons (Fsp3) is 0.250. The van der Waals surface area contributed by atoms with Gasteiger partial charge in [0, 0.05) is 43.4 Å². The third-order valence-electron chi connectivity index (χ3n) is 4.59. The summed E-state index contributed by atoms with van der Waals surface area (Å²) < 4.78 is 13.1. The Morgan fingerprint density at radius 1 is 1.07 bits per heavy atom. The van der Waals surface area contributed by atoms with E-state index in [2.05, 4.69) is 14.9 Å². The summed E-state index contributed by atoms with van der Waals surface area (Å²) in [5.74, 6) is -0.146. The van der Waals surface area contributed by atoms with Gasteiger partial charge in [-0.15, -0.1) is 11.3 Å². The molecule has 1 fully saturated rings. The Kier molecular flexibility index (Phi) is 5.11. The fourth-order valence-corrected chi connectivity index (χ4v) is 3.92. The summed E-state index contributed by atoms with van der Waals surface area (Å²) in [7, 11) is 0. The molecule has 1 amide bonds. The average molecular weight is 382 g/mol. The molecule has 5 nitrogen and oxygen atoms in total. The number of benzene rings is 1. The molecule has 1 aromatic carbocycles. The van der Waals surface area contributed by atoms with Crippen LogP contribution in [0, 0.1) is 5.82 Å². The second-order valence-corrected chi connectivity index (χ2v) is 7.24. The van der Waals surface area contributed by atoms with Crippen LogP contribution in [-0.2, 0) is 11.2 Å². The Hall–Kier alpha value is -2.80. The minimum absolute atomic E-state index is 0.0895. The van der Waals surface area contributed by atoms with Crippen molar-refractivity contribution in [3.63, 3.8) is 0 Å². The van der Waals surface area contributed by atoms with E-state index in [0.717, 1.165) is 35.2 Å². The molecule has 4 rings (SSSR count). The number of rotatable bonds is 4. The summed E-state index contributed by atoms with van der Waals surface area (Å²) in [6, 6.07) is 12.2. The van der Waals surface area contributed by atoms with Gasteiger partial charge in [-0.2, -0.15) is 0 Å². The number of anilines is 1. The van der Waals surface area contributed by atoms with E-state index in [4.69, 9.17) is 0 Å². The first kappa shape index (κ1) is 17.6. The van der Waals surface area contributed by atoms with Crippen molar-refractivity contribution in [2.75, 3.05) is 31.1 Å². The van der Waals surface area contributed by atoms with Gasteiger partial charge >= 0.3 is 0 Å². The molecular weight excluding hydrogens is 363 g/mol. The molecular formula is C20H19FN4OS. The number of amides is 1. The van der Waals surface area contributed by atoms with Crippen LogP contribution in [0.4, 0.5) is 10.1 Å². The quantitative estimate of drug-likeness (QED) is 0.695. The molecule has 0 atom stereocenters. The largest absolute Gasteiger partial charge is 0.368 e. The maximum atomic E-state index is 13.1. The number of piperazine rings is 1. The van der Waals surface area contributed by atoms with Crippen molar-refractivity contribution in [2.24, 2.45) is 0 Å². The summed E-state index contributed by atoms with van der Waals surface area (Å²) in [4.78, 5) is 25.5. The summed E-state index contributed by atoms with van der Waals surface area (Å²) in [5, 5.41) is 2.76. The van der Waals surface area contributed by atoms with Crippen molar-refractivity contribution in [1.29, 1.82) is 0 Å². The zero-order valence-corrected chi connectivity index (χ0v) is 15.5. The van der Waals surface area contributed by atoms with Crippen LogP contribution in [0.1, 0.15) is 5.69 Å². The highest BCUT2D eigenvalue weighted by molar-refractivity contribution is 7.13. The Morgan fingerprint density at radius 3 is 2.56 bits per heavy atom. The normalized spacial score (nSPS) is 14.4. The molecule has 3 aromatic rings. The summed E-state index contributed by atoms with van der Waals surface area (Å²) in [6.07, 6.45) is 2.04. The number of carbonyl (C=O) groups excluding carboxylic acids is 1. The molecule has 1 aliphatic heterocycles. The summed E-state index contributed by atoms with van der Waals surface area (Å²) in [5.41, 5.74) is 2.60. The van der Waals surface area contributed by atoms with Crippen LogP contribution in [-0.4, -0.2) is 47.0 Å². The Morgan fingerprint density at radius 2 is 1.85 bits per heavy atom. The maximum absolute atomic E-state index is 13.1. The smallest absolute Gasteiger partial charge is 0.228 e. The van der Waals surface area contributed by atoms with Crippen LogP contribution in [0.25, 0.3) is 10.7 Å². The second-order valence-electron chi connectivity index (χ2n) is 6.38. The van der Waals surface area contributed by atoms with Crippen LogP contribution >= 0.6 is 11.3 Å². The lowest BCUT2D eigenvalue weighted by Crippen LogP contribution is -2.49. The molecule has 27 heavy (non-hydrogen) atoms. The van der Waals surface area contributed by atoms with Crippen LogP contribution in [0.15, 0.2) is 54.0 Å². The van der Waals surface area contributed by atoms with Gasteiger partial charge in [-0.05, 0) is 36.4 Å². The van der Waals surface area contributed by atoms with E-state index >= 15 is 0 Å². The number of halogens is 1. The van der Waals surface area contributed by atoms with Gasteiger partial charge in [0.15, 0.2) is 0 Å². The number of thiazole rings is 1. The predicted octanol–water partition coefficient (Wildman–Crippen LogP) is 3.24. The standard InChI is InChI=1S/C20H19FN4OS/c21-15-4-6-17(7-5-15)24-9-11-25(12-10-24)19(26)13-16-14-27-20(23-16)18-3-1-2-8-22-18/h1-8,14H,9-13H2. The van der Waals surface area contributed by atoms with Crippen molar-refractivity contribution < 1.29 is 9.18 Å². The molecule has 0 bridgehead atoms. The van der Waals surface area contributed by atoms with Crippen molar-refractivity contribution in [3.05, 3.63) is 65.6 Å². The maximum Gasteiger partial charge on any atom is 0.228 e. The molecule has 2 aromatic heterocycles. The number of aromatic nitrogens is 2. The summed E-state index contributed by atoms with van der Waals surface area (Å²) >= 11 is 1.51. The minimum Gasteiger partial charge on any atom is -0.368 e. The SMILES string of the molecule is O=C(Cc1csc(-c2ccccn2)n1)N1CCN(c2ccc(F)cc2)CC1. The van der Waals surface area contributed by atoms with Crippen molar-refractivity contribution in [1.82, 2.24) is 14.9 Å². The van der Waals surface area contributed by atoms with Crippen molar-refractivity contribution in [3.8, 4) is 10.7 Å². The van der Waals surface area contributed by atoms with Gasteiger partial charge in [-0.3, -0.25) is 9.78 Å². The summed E-state index contributed by atoms with van der Waals surface area (Å²) in [6.45, 7) is 2.81. The first-order valence-corrected chi connectivity index (χ1v) is 9.71. The monoisotopic (exact) mass is 382 g/mol. The predicted molar refractivity (Wildman–Crippen MR) is 104 cm³/mol. The number of nitrogens with zero attached hydrogens (tertiary/aromatic N) is 4. The van der Waals surface area contributed by atoms with Crippen LogP contribution in [0.3, 0.4) is 0 Å². The fourth-order valence-electron chi connectivity index (χ4n) is 3.13. The molecule has 0 unspecified atom stereocenters. The van der Waals surface area contributed by atoms with Gasteiger partial charge < -0.3 is 9.80 Å². The highest BCUT2D eigenvalue weighted by Gasteiger charge is 2.22. The molecule has 1 saturated heterocycles. The van der Waals surface area contributed by atoms with Crippen molar-refractivity contribution in [2.45, 2.75) is 6.42 Å². The third-order valence-corrected chi connectivity index (χ3v) is 5.51. The lowest BCUT2D eigenvalue weighted by molar-refractivity contribution is -0.130. The van der Waals surface area contributed by atoms with E-state index in [1.807, 2.05) is 28.5 Å². The number of hydrogen-bond donors (Lipinski definition) is 0. The minimum atomic E-state index is -0.235. The van der Waals surface area contributed by atoms with E-state index in [1.165, 1.54) is 23.5 Å². The van der Waals surface area contributed by atoms with E-state index < -0.39 is 0 Å². The first-order valence-electron chi connectivity index (χ1n) is 8.83. The van der Waals surface area contributed by atoms with Gasteiger partial charge in [-0.1, -0.05) is 6.07 Å². The molecule has 0 spiro atoms. The lowest BCUT2D eigenvalue weighted by atomic mass is 10.2. The zero-order chi connectivity index (χ0) is 18.6. The van der Waals surface area contributed by atoms with E-state index in [-0.39, 0.29) is 11.7 Å². The van der Waals surface area contributed by atoms with Gasteiger partial charge in [0.05, 0.1) is 17.8 Å². The highest BCUT2D eigenvalue weighted by atomic mass is 32.1. The average Bonchev–Trinajstić information content (AvgIpc) is 3.18. The molecule has 138 valence electrons. The highest BCUT2D eigenvalue weighted by Crippen LogP contribution is 2.22. The van der Waals surface area contributed by atoms with Crippen LogP contribution in [0.2, 0.25) is 0 Å².